The van der Waals surface area contributed by atoms with E-state index in [-0.39, 0.29) is 0 Å². The third-order valence-electron chi connectivity index (χ3n) is 4.36. The Morgan fingerprint density at radius 3 is 1.91 bits per heavy atom. The van der Waals surface area contributed by atoms with E-state index in [0.29, 0.717) is 0 Å². The lowest BCUT2D eigenvalue weighted by Crippen LogP contribution is -1.96. The van der Waals surface area contributed by atoms with E-state index < -0.39 is 0 Å². The maximum absolute atomic E-state index is 4.54. The van der Waals surface area contributed by atoms with Crippen molar-refractivity contribution in [3.63, 3.8) is 0 Å². The molecule has 1 nitrogen and oxygen atoms in total. The minimum Gasteiger partial charge on any atom is -0.261 e. The van der Waals surface area contributed by atoms with Crippen molar-refractivity contribution in [1.29, 1.82) is 0 Å². The first kappa shape index (κ1) is 13.3. The molecule has 0 spiro atoms. The molecule has 2 aromatic carbocycles. The smallest absolute Gasteiger partial charge is 0.0450 e. The van der Waals surface area contributed by atoms with Crippen molar-refractivity contribution in [3.05, 3.63) is 100 Å². The van der Waals surface area contributed by atoms with E-state index in [2.05, 4.69) is 65.6 Å². The Bertz CT molecular complexity index is 740. The number of aryl methyl sites for hydroxylation is 2. The van der Waals surface area contributed by atoms with E-state index in [4.69, 9.17) is 0 Å². The first-order valence-corrected chi connectivity index (χ1v) is 7.95. The van der Waals surface area contributed by atoms with Gasteiger partial charge in [-0.3, -0.25) is 4.98 Å². The standard InChI is InChI=1S/C21H19N/c1-3-16-7-8-17-4-2-6-19(12-17)14-21-15-20(9-10-22-21)13-18(5-1)11-16/h1-6,9-12,15H,7-8,13-14H2. The minimum atomic E-state index is 0.916. The van der Waals surface area contributed by atoms with Gasteiger partial charge in [-0.25, -0.2) is 0 Å². The van der Waals surface area contributed by atoms with Gasteiger partial charge in [-0.1, -0.05) is 48.5 Å². The summed E-state index contributed by atoms with van der Waals surface area (Å²) in [5.41, 5.74) is 8.09. The van der Waals surface area contributed by atoms with Crippen molar-refractivity contribution in [3.8, 4) is 0 Å². The van der Waals surface area contributed by atoms with Crippen LogP contribution in [0.1, 0.15) is 33.5 Å². The second-order valence-electron chi connectivity index (χ2n) is 6.15. The molecule has 0 N–H and O–H groups in total. The highest BCUT2D eigenvalue weighted by atomic mass is 14.7. The monoisotopic (exact) mass is 285 g/mol. The van der Waals surface area contributed by atoms with Crippen molar-refractivity contribution in [1.82, 2.24) is 4.98 Å². The van der Waals surface area contributed by atoms with Crippen molar-refractivity contribution < 1.29 is 0 Å². The van der Waals surface area contributed by atoms with E-state index in [1.807, 2.05) is 6.20 Å². The second kappa shape index (κ2) is 5.76. The lowest BCUT2D eigenvalue weighted by Gasteiger charge is -2.06. The summed E-state index contributed by atoms with van der Waals surface area (Å²) in [6.07, 6.45) is 6.05. The third-order valence-corrected chi connectivity index (χ3v) is 4.36. The number of rotatable bonds is 0. The van der Waals surface area contributed by atoms with Gasteiger partial charge >= 0.3 is 0 Å². The molecule has 0 aliphatic heterocycles. The maximum atomic E-state index is 4.54. The zero-order valence-corrected chi connectivity index (χ0v) is 12.6. The Morgan fingerprint density at radius 1 is 0.591 bits per heavy atom. The van der Waals surface area contributed by atoms with Gasteiger partial charge in [0.1, 0.15) is 0 Å². The molecule has 0 saturated heterocycles. The lowest BCUT2D eigenvalue weighted by atomic mass is 9.99. The van der Waals surface area contributed by atoms with Gasteiger partial charge in [0.05, 0.1) is 0 Å². The third kappa shape index (κ3) is 2.94. The molecule has 0 unspecified atom stereocenters. The number of hydrogen-bond donors (Lipinski definition) is 0. The van der Waals surface area contributed by atoms with Gasteiger partial charge in [-0.2, -0.15) is 0 Å². The molecule has 0 radical (unpaired) electrons. The highest BCUT2D eigenvalue weighted by Crippen LogP contribution is 2.18. The highest BCUT2D eigenvalue weighted by molar-refractivity contribution is 5.34. The first-order chi connectivity index (χ1) is 10.8. The largest absolute Gasteiger partial charge is 0.261 e. The number of aromatic nitrogens is 1. The van der Waals surface area contributed by atoms with Crippen LogP contribution in [0.25, 0.3) is 0 Å². The lowest BCUT2D eigenvalue weighted by molar-refractivity contribution is 0.951. The molecule has 1 aliphatic carbocycles. The van der Waals surface area contributed by atoms with E-state index in [1.54, 1.807) is 0 Å². The number of benzene rings is 2. The maximum Gasteiger partial charge on any atom is 0.0450 e. The fourth-order valence-corrected chi connectivity index (χ4v) is 3.26. The van der Waals surface area contributed by atoms with E-state index in [0.717, 1.165) is 31.4 Å². The van der Waals surface area contributed by atoms with Gasteiger partial charge in [0.25, 0.3) is 0 Å². The molecule has 108 valence electrons. The predicted molar refractivity (Wildman–Crippen MR) is 90.1 cm³/mol. The molecular formula is C21H19N. The SMILES string of the molecule is c1cc2cc(c1)Cc1ccnc(c1)Cc1cccc(c1)CC2. The van der Waals surface area contributed by atoms with Crippen molar-refractivity contribution in [2.45, 2.75) is 25.7 Å². The van der Waals surface area contributed by atoms with Gasteiger partial charge < -0.3 is 0 Å². The van der Waals surface area contributed by atoms with Gasteiger partial charge in [0.2, 0.25) is 0 Å². The molecule has 6 bridgehead atoms. The Balaban J connectivity index is 1.80. The number of pyridine rings is 1. The Morgan fingerprint density at radius 2 is 1.18 bits per heavy atom. The van der Waals surface area contributed by atoms with Crippen molar-refractivity contribution in [2.75, 3.05) is 0 Å². The zero-order valence-electron chi connectivity index (χ0n) is 12.6. The number of nitrogens with zero attached hydrogens (tertiary/aromatic N) is 1. The molecule has 1 aromatic heterocycles. The highest BCUT2D eigenvalue weighted by Gasteiger charge is 2.05. The molecule has 0 saturated carbocycles. The summed E-state index contributed by atoms with van der Waals surface area (Å²) >= 11 is 0. The number of hydrogen-bond acceptors (Lipinski definition) is 1. The summed E-state index contributed by atoms with van der Waals surface area (Å²) < 4.78 is 0. The Kier molecular flexibility index (Phi) is 3.48. The van der Waals surface area contributed by atoms with E-state index in [9.17, 15) is 0 Å². The van der Waals surface area contributed by atoms with Crippen LogP contribution in [0.2, 0.25) is 0 Å². The van der Waals surface area contributed by atoms with Crippen LogP contribution in [-0.2, 0) is 25.7 Å². The van der Waals surface area contributed by atoms with Crippen LogP contribution in [-0.4, -0.2) is 4.98 Å². The van der Waals surface area contributed by atoms with Gasteiger partial charge in [-0.05, 0) is 59.2 Å². The van der Waals surface area contributed by atoms with Crippen LogP contribution in [0.5, 0.6) is 0 Å². The summed E-state index contributed by atoms with van der Waals surface area (Å²) in [5, 5.41) is 0. The van der Waals surface area contributed by atoms with E-state index >= 15 is 0 Å². The van der Waals surface area contributed by atoms with Crippen LogP contribution in [0.3, 0.4) is 0 Å². The van der Waals surface area contributed by atoms with Gasteiger partial charge in [-0.15, -0.1) is 0 Å². The summed E-state index contributed by atoms with van der Waals surface area (Å²) in [6, 6.07) is 22.3. The summed E-state index contributed by atoms with van der Waals surface area (Å²) in [7, 11) is 0. The average molecular weight is 285 g/mol. The molecule has 1 heterocycles. The topological polar surface area (TPSA) is 12.9 Å². The van der Waals surface area contributed by atoms with Crippen molar-refractivity contribution in [2.24, 2.45) is 0 Å². The molecule has 0 amide bonds. The summed E-state index contributed by atoms with van der Waals surface area (Å²) in [6.45, 7) is 0. The average Bonchev–Trinajstić information content (AvgIpc) is 2.54. The minimum absolute atomic E-state index is 0.916. The molecule has 0 atom stereocenters. The summed E-state index contributed by atoms with van der Waals surface area (Å²) in [5.74, 6) is 0. The summed E-state index contributed by atoms with van der Waals surface area (Å²) in [4.78, 5) is 4.54. The fraction of sp³-hybridized carbons (Fsp3) is 0.190. The van der Waals surface area contributed by atoms with Crippen LogP contribution >= 0.6 is 0 Å². The quantitative estimate of drug-likeness (QED) is 0.598. The van der Waals surface area contributed by atoms with Crippen LogP contribution in [0.15, 0.2) is 66.9 Å². The van der Waals surface area contributed by atoms with Crippen molar-refractivity contribution >= 4 is 0 Å². The number of fused-ring (bicyclic) bond motifs is 6. The van der Waals surface area contributed by atoms with E-state index in [1.165, 1.54) is 27.8 Å². The molecule has 1 aliphatic rings. The molecule has 1 heteroatoms. The predicted octanol–water partition coefficient (Wildman–Crippen LogP) is 4.36. The Hall–Kier alpha value is -2.41. The van der Waals surface area contributed by atoms with Gasteiger partial charge in [0.15, 0.2) is 0 Å². The molecule has 22 heavy (non-hydrogen) atoms. The van der Waals surface area contributed by atoms with Crippen LogP contribution < -0.4 is 0 Å². The Labute approximate surface area is 131 Å². The second-order valence-corrected chi connectivity index (χ2v) is 6.15. The molecular weight excluding hydrogens is 266 g/mol. The normalized spacial score (nSPS) is 13.6. The zero-order chi connectivity index (χ0) is 14.8. The fourth-order valence-electron chi connectivity index (χ4n) is 3.26. The molecule has 3 aromatic rings. The van der Waals surface area contributed by atoms with Crippen LogP contribution in [0.4, 0.5) is 0 Å². The molecule has 4 rings (SSSR count). The van der Waals surface area contributed by atoms with Gasteiger partial charge in [0, 0.05) is 18.3 Å². The van der Waals surface area contributed by atoms with Crippen LogP contribution in [0, 0.1) is 0 Å². The molecule has 0 fully saturated rings. The first-order valence-electron chi connectivity index (χ1n) is 7.95.